The first-order valence-corrected chi connectivity index (χ1v) is 8.77. The Morgan fingerprint density at radius 1 is 1.26 bits per heavy atom. The van der Waals surface area contributed by atoms with Gasteiger partial charge in [0.2, 0.25) is 0 Å². The number of halogens is 4. The molecule has 1 saturated heterocycles. The maximum Gasteiger partial charge on any atom is 0.471 e. The number of hydrogen-bond acceptors (Lipinski definition) is 5. The molecule has 0 aliphatic carbocycles. The van der Waals surface area contributed by atoms with Crippen LogP contribution in [-0.4, -0.2) is 52.8 Å². The minimum Gasteiger partial charge on any atom is -0.490 e. The summed E-state index contributed by atoms with van der Waals surface area (Å²) in [6.07, 6.45) is -3.30. The molecule has 0 radical (unpaired) electrons. The topological polar surface area (TPSA) is 64.6 Å². The molecule has 10 heteroatoms. The van der Waals surface area contributed by atoms with Crippen molar-refractivity contribution in [1.82, 2.24) is 14.9 Å². The second kappa shape index (κ2) is 7.75. The van der Waals surface area contributed by atoms with Crippen molar-refractivity contribution in [3.8, 4) is 11.5 Å². The van der Waals surface area contributed by atoms with E-state index in [0.717, 1.165) is 4.90 Å². The molecule has 2 aromatic rings. The molecule has 1 aromatic heterocycles. The van der Waals surface area contributed by atoms with E-state index in [0.29, 0.717) is 29.0 Å². The SMILES string of the molecule is CCOc1cc2ncnc(Cl)c2cc1OC1CCN(C(=O)C(F)(F)F)CC1. The molecule has 1 aromatic carbocycles. The number of likely N-dealkylation sites (tertiary alicyclic amines) is 1. The van der Waals surface area contributed by atoms with Gasteiger partial charge in [0, 0.05) is 37.4 Å². The molecule has 0 N–H and O–H groups in total. The summed E-state index contributed by atoms with van der Waals surface area (Å²) in [7, 11) is 0. The first-order chi connectivity index (χ1) is 12.8. The largest absolute Gasteiger partial charge is 0.490 e. The lowest BCUT2D eigenvalue weighted by Gasteiger charge is -2.32. The molecule has 6 nitrogen and oxygen atoms in total. The molecule has 0 bridgehead atoms. The predicted octanol–water partition coefficient (Wildman–Crippen LogP) is 3.61. The summed E-state index contributed by atoms with van der Waals surface area (Å²) >= 11 is 6.10. The number of nitrogens with zero attached hydrogens (tertiary/aromatic N) is 3. The summed E-state index contributed by atoms with van der Waals surface area (Å²) in [5.41, 5.74) is 0.594. The van der Waals surface area contributed by atoms with E-state index in [4.69, 9.17) is 21.1 Å². The fourth-order valence-corrected chi connectivity index (χ4v) is 3.12. The van der Waals surface area contributed by atoms with Crippen molar-refractivity contribution < 1.29 is 27.4 Å². The number of piperidine rings is 1. The molecular weight excluding hydrogens is 387 g/mol. The zero-order valence-corrected chi connectivity index (χ0v) is 15.2. The zero-order chi connectivity index (χ0) is 19.6. The van der Waals surface area contributed by atoms with Crippen LogP contribution >= 0.6 is 11.6 Å². The van der Waals surface area contributed by atoms with Crippen LogP contribution in [0.1, 0.15) is 19.8 Å². The molecule has 27 heavy (non-hydrogen) atoms. The van der Waals surface area contributed by atoms with E-state index >= 15 is 0 Å². The molecule has 0 atom stereocenters. The Hall–Kier alpha value is -2.29. The van der Waals surface area contributed by atoms with Gasteiger partial charge in [-0.3, -0.25) is 4.79 Å². The lowest BCUT2D eigenvalue weighted by Crippen LogP contribution is -2.47. The van der Waals surface area contributed by atoms with Gasteiger partial charge in [0.05, 0.1) is 12.1 Å². The fourth-order valence-electron chi connectivity index (χ4n) is 2.93. The van der Waals surface area contributed by atoms with Crippen LogP contribution in [0, 0.1) is 0 Å². The number of fused-ring (bicyclic) bond motifs is 1. The van der Waals surface area contributed by atoms with Gasteiger partial charge >= 0.3 is 12.1 Å². The standard InChI is InChI=1S/C17H17ClF3N3O3/c1-2-26-13-8-12-11(15(18)23-9-22-12)7-14(13)27-10-3-5-24(6-4-10)16(25)17(19,20)21/h7-10H,2-6H2,1H3. The molecule has 0 saturated carbocycles. The summed E-state index contributed by atoms with van der Waals surface area (Å²) in [5.74, 6) is -0.930. The fraction of sp³-hybridized carbons (Fsp3) is 0.471. The first kappa shape index (κ1) is 19.5. The van der Waals surface area contributed by atoms with E-state index in [1.165, 1.54) is 6.33 Å². The van der Waals surface area contributed by atoms with Crippen molar-refractivity contribution in [3.63, 3.8) is 0 Å². The minimum atomic E-state index is -4.86. The number of benzene rings is 1. The van der Waals surface area contributed by atoms with Crippen LogP contribution in [0.15, 0.2) is 18.5 Å². The van der Waals surface area contributed by atoms with Crippen LogP contribution < -0.4 is 9.47 Å². The minimum absolute atomic E-state index is 0.0234. The van der Waals surface area contributed by atoms with Crippen molar-refractivity contribution in [1.29, 1.82) is 0 Å². The first-order valence-electron chi connectivity index (χ1n) is 8.39. The van der Waals surface area contributed by atoms with Gasteiger partial charge in [-0.25, -0.2) is 9.97 Å². The number of carbonyl (C=O) groups is 1. The van der Waals surface area contributed by atoms with E-state index in [1.807, 2.05) is 6.92 Å². The average Bonchev–Trinajstić information content (AvgIpc) is 2.62. The van der Waals surface area contributed by atoms with Gasteiger partial charge in [-0.1, -0.05) is 11.6 Å². The van der Waals surface area contributed by atoms with Crippen LogP contribution in [0.5, 0.6) is 11.5 Å². The quantitative estimate of drug-likeness (QED) is 0.730. The molecule has 0 spiro atoms. The number of ether oxygens (including phenoxy) is 2. The van der Waals surface area contributed by atoms with E-state index < -0.39 is 12.1 Å². The summed E-state index contributed by atoms with van der Waals surface area (Å²) < 4.78 is 49.2. The maximum absolute atomic E-state index is 12.5. The lowest BCUT2D eigenvalue weighted by molar-refractivity contribution is -0.187. The van der Waals surface area contributed by atoms with Crippen molar-refractivity contribution in [2.75, 3.05) is 19.7 Å². The van der Waals surface area contributed by atoms with Gasteiger partial charge in [0.15, 0.2) is 11.5 Å². The van der Waals surface area contributed by atoms with Crippen molar-refractivity contribution >= 4 is 28.4 Å². The Kier molecular flexibility index (Phi) is 5.59. The molecule has 1 amide bonds. The normalized spacial score (nSPS) is 15.8. The Morgan fingerprint density at radius 3 is 2.59 bits per heavy atom. The van der Waals surface area contributed by atoms with Crippen molar-refractivity contribution in [3.05, 3.63) is 23.6 Å². The predicted molar refractivity (Wildman–Crippen MR) is 92.0 cm³/mol. The molecule has 2 heterocycles. The highest BCUT2D eigenvalue weighted by Crippen LogP contribution is 2.35. The van der Waals surface area contributed by atoms with Crippen molar-refractivity contribution in [2.45, 2.75) is 32.0 Å². The number of hydrogen-bond donors (Lipinski definition) is 0. The molecule has 146 valence electrons. The van der Waals surface area contributed by atoms with E-state index in [9.17, 15) is 18.0 Å². The molecule has 1 fully saturated rings. The zero-order valence-electron chi connectivity index (χ0n) is 14.4. The van der Waals surface area contributed by atoms with Crippen LogP contribution in [0.2, 0.25) is 5.15 Å². The number of rotatable bonds is 4. The molecule has 3 rings (SSSR count). The van der Waals surface area contributed by atoms with Gasteiger partial charge in [0.1, 0.15) is 17.6 Å². The highest BCUT2D eigenvalue weighted by atomic mass is 35.5. The van der Waals surface area contributed by atoms with Crippen molar-refractivity contribution in [2.24, 2.45) is 0 Å². The molecule has 0 unspecified atom stereocenters. The third-order valence-electron chi connectivity index (χ3n) is 4.22. The maximum atomic E-state index is 12.5. The smallest absolute Gasteiger partial charge is 0.471 e. The van der Waals surface area contributed by atoms with E-state index in [-0.39, 0.29) is 37.2 Å². The van der Waals surface area contributed by atoms with Gasteiger partial charge in [-0.05, 0) is 13.0 Å². The van der Waals surface area contributed by atoms with Crippen LogP contribution in [-0.2, 0) is 4.79 Å². The number of alkyl halides is 3. The third kappa shape index (κ3) is 4.35. The number of aromatic nitrogens is 2. The Labute approximate surface area is 158 Å². The van der Waals surface area contributed by atoms with Gasteiger partial charge in [0.25, 0.3) is 0 Å². The number of amides is 1. The second-order valence-corrected chi connectivity index (χ2v) is 6.38. The highest BCUT2D eigenvalue weighted by Gasteiger charge is 2.43. The molecular formula is C17H17ClF3N3O3. The van der Waals surface area contributed by atoms with Crippen LogP contribution in [0.4, 0.5) is 13.2 Å². The lowest BCUT2D eigenvalue weighted by atomic mass is 10.1. The highest BCUT2D eigenvalue weighted by molar-refractivity contribution is 6.34. The Bertz CT molecular complexity index is 839. The Balaban J connectivity index is 1.76. The second-order valence-electron chi connectivity index (χ2n) is 6.02. The van der Waals surface area contributed by atoms with Gasteiger partial charge in [-0.2, -0.15) is 13.2 Å². The van der Waals surface area contributed by atoms with Gasteiger partial charge < -0.3 is 14.4 Å². The summed E-state index contributed by atoms with van der Waals surface area (Å²) in [6, 6.07) is 3.35. The Morgan fingerprint density at radius 2 is 1.96 bits per heavy atom. The monoisotopic (exact) mass is 403 g/mol. The van der Waals surface area contributed by atoms with E-state index in [1.54, 1.807) is 12.1 Å². The van der Waals surface area contributed by atoms with E-state index in [2.05, 4.69) is 9.97 Å². The third-order valence-corrected chi connectivity index (χ3v) is 4.52. The van der Waals surface area contributed by atoms with Gasteiger partial charge in [-0.15, -0.1) is 0 Å². The van der Waals surface area contributed by atoms with Crippen LogP contribution in [0.25, 0.3) is 10.9 Å². The van der Waals surface area contributed by atoms with Crippen LogP contribution in [0.3, 0.4) is 0 Å². The number of carbonyl (C=O) groups excluding carboxylic acids is 1. The summed E-state index contributed by atoms with van der Waals surface area (Å²) in [5, 5.41) is 0.848. The summed E-state index contributed by atoms with van der Waals surface area (Å²) in [6.45, 7) is 2.18. The summed E-state index contributed by atoms with van der Waals surface area (Å²) in [4.78, 5) is 20.2. The molecule has 1 aliphatic heterocycles. The molecule has 1 aliphatic rings. The average molecular weight is 404 g/mol.